The Morgan fingerprint density at radius 1 is 1.05 bits per heavy atom. The molecule has 0 spiro atoms. The Balaban J connectivity index is 3.31. The minimum Gasteiger partial charge on any atom is -0.481 e. The van der Waals surface area contributed by atoms with Gasteiger partial charge in [0, 0.05) is 6.42 Å². The van der Waals surface area contributed by atoms with Crippen molar-refractivity contribution in [1.29, 1.82) is 0 Å². The third-order valence-electron chi connectivity index (χ3n) is 3.22. The first-order valence-corrected chi connectivity index (χ1v) is 7.73. The second-order valence-corrected chi connectivity index (χ2v) is 5.19. The highest BCUT2D eigenvalue weighted by molar-refractivity contribution is 5.66. The number of hydrogen-bond donors (Lipinski definition) is 2. The van der Waals surface area contributed by atoms with E-state index < -0.39 is 5.97 Å². The summed E-state index contributed by atoms with van der Waals surface area (Å²) in [7, 11) is 0. The van der Waals surface area contributed by atoms with Crippen molar-refractivity contribution in [3.05, 3.63) is 12.2 Å². The van der Waals surface area contributed by atoms with Crippen molar-refractivity contribution in [1.82, 2.24) is 0 Å². The van der Waals surface area contributed by atoms with Gasteiger partial charge in [-0.1, -0.05) is 57.6 Å². The maximum absolute atomic E-state index is 10.3. The van der Waals surface area contributed by atoms with Gasteiger partial charge in [-0.3, -0.25) is 4.79 Å². The minimum atomic E-state index is -0.717. The van der Waals surface area contributed by atoms with Crippen LogP contribution in [0.15, 0.2) is 12.2 Å². The van der Waals surface area contributed by atoms with E-state index in [1.54, 1.807) is 0 Å². The normalized spacial score (nSPS) is 12.9. The van der Waals surface area contributed by atoms with Crippen LogP contribution in [0, 0.1) is 0 Å². The smallest absolute Gasteiger partial charge is 0.303 e. The lowest BCUT2D eigenvalue weighted by Gasteiger charge is -2.05. The summed E-state index contributed by atoms with van der Waals surface area (Å²) in [4.78, 5) is 10.3. The molecule has 0 fully saturated rings. The molecule has 3 heteroatoms. The molecule has 0 rings (SSSR count). The van der Waals surface area contributed by atoms with E-state index in [1.165, 1.54) is 25.7 Å². The molecule has 2 N–H and O–H groups in total. The zero-order valence-electron chi connectivity index (χ0n) is 12.3. The number of carbonyl (C=O) groups is 1. The van der Waals surface area contributed by atoms with Crippen molar-refractivity contribution < 1.29 is 15.0 Å². The zero-order valence-corrected chi connectivity index (χ0v) is 12.3. The van der Waals surface area contributed by atoms with E-state index in [4.69, 9.17) is 5.11 Å². The highest BCUT2D eigenvalue weighted by Gasteiger charge is 2.00. The average Bonchev–Trinajstić information content (AvgIpc) is 2.37. The van der Waals surface area contributed by atoms with E-state index in [9.17, 15) is 9.90 Å². The van der Waals surface area contributed by atoms with Gasteiger partial charge < -0.3 is 10.2 Å². The quantitative estimate of drug-likeness (QED) is 0.387. The summed E-state index contributed by atoms with van der Waals surface area (Å²) in [5.74, 6) is -0.717. The molecule has 0 aromatic heterocycles. The summed E-state index contributed by atoms with van der Waals surface area (Å²) in [6.07, 6.45) is 14.5. The number of carboxylic acids is 1. The molecule has 0 amide bonds. The Hall–Kier alpha value is -0.830. The summed E-state index contributed by atoms with van der Waals surface area (Å²) in [6, 6.07) is 0. The molecule has 0 aromatic carbocycles. The monoisotopic (exact) mass is 270 g/mol. The van der Waals surface area contributed by atoms with Crippen LogP contribution in [0.1, 0.15) is 77.6 Å². The Morgan fingerprint density at radius 2 is 1.74 bits per heavy atom. The van der Waals surface area contributed by atoms with Gasteiger partial charge in [0.25, 0.3) is 0 Å². The van der Waals surface area contributed by atoms with Crippen LogP contribution < -0.4 is 0 Å². The van der Waals surface area contributed by atoms with Crippen molar-refractivity contribution in [3.63, 3.8) is 0 Å². The number of unbranched alkanes of at least 4 members (excludes halogenated alkanes) is 7. The van der Waals surface area contributed by atoms with Gasteiger partial charge in [-0.2, -0.15) is 0 Å². The molecule has 0 aliphatic rings. The summed E-state index contributed by atoms with van der Waals surface area (Å²) >= 11 is 0. The number of aliphatic hydroxyl groups excluding tert-OH is 1. The van der Waals surface area contributed by atoms with Gasteiger partial charge in [0.1, 0.15) is 0 Å². The average molecular weight is 270 g/mol. The van der Waals surface area contributed by atoms with E-state index in [0.717, 1.165) is 38.5 Å². The second-order valence-electron chi connectivity index (χ2n) is 5.19. The largest absolute Gasteiger partial charge is 0.481 e. The lowest BCUT2D eigenvalue weighted by atomic mass is 10.1. The van der Waals surface area contributed by atoms with Gasteiger partial charge in [0.05, 0.1) is 6.10 Å². The van der Waals surface area contributed by atoms with Crippen LogP contribution in [0.25, 0.3) is 0 Å². The van der Waals surface area contributed by atoms with Crippen LogP contribution in [0.5, 0.6) is 0 Å². The topological polar surface area (TPSA) is 57.5 Å². The fourth-order valence-electron chi connectivity index (χ4n) is 2.02. The summed E-state index contributed by atoms with van der Waals surface area (Å²) in [5.41, 5.74) is 0. The Bertz CT molecular complexity index is 236. The van der Waals surface area contributed by atoms with Crippen molar-refractivity contribution >= 4 is 5.97 Å². The number of aliphatic carboxylic acids is 1. The summed E-state index contributed by atoms with van der Waals surface area (Å²) in [5, 5.41) is 18.2. The van der Waals surface area contributed by atoms with Gasteiger partial charge in [0.15, 0.2) is 0 Å². The number of aliphatic hydroxyl groups is 1. The minimum absolute atomic E-state index is 0.264. The number of carboxylic acid groups (broad SMARTS) is 1. The molecule has 19 heavy (non-hydrogen) atoms. The van der Waals surface area contributed by atoms with E-state index in [0.29, 0.717) is 0 Å². The van der Waals surface area contributed by atoms with Crippen LogP contribution in [-0.2, 0) is 4.79 Å². The zero-order chi connectivity index (χ0) is 14.3. The molecule has 0 saturated heterocycles. The van der Waals surface area contributed by atoms with E-state index in [1.807, 2.05) is 6.08 Å². The lowest BCUT2D eigenvalue weighted by Crippen LogP contribution is -2.01. The van der Waals surface area contributed by atoms with Crippen LogP contribution in [0.4, 0.5) is 0 Å². The molecular formula is C16H30O3. The van der Waals surface area contributed by atoms with E-state index in [-0.39, 0.29) is 12.5 Å². The Labute approximate surface area is 117 Å². The van der Waals surface area contributed by atoms with Gasteiger partial charge in [-0.15, -0.1) is 0 Å². The maximum Gasteiger partial charge on any atom is 0.303 e. The van der Waals surface area contributed by atoms with E-state index >= 15 is 0 Å². The lowest BCUT2D eigenvalue weighted by molar-refractivity contribution is -0.137. The molecule has 0 aliphatic carbocycles. The molecule has 3 nitrogen and oxygen atoms in total. The predicted molar refractivity (Wildman–Crippen MR) is 79.2 cm³/mol. The fourth-order valence-corrected chi connectivity index (χ4v) is 2.02. The van der Waals surface area contributed by atoms with Gasteiger partial charge in [-0.05, 0) is 25.7 Å². The highest BCUT2D eigenvalue weighted by Crippen LogP contribution is 2.09. The number of rotatable bonds is 13. The highest BCUT2D eigenvalue weighted by atomic mass is 16.4. The van der Waals surface area contributed by atoms with Crippen LogP contribution in [-0.4, -0.2) is 22.3 Å². The summed E-state index contributed by atoms with van der Waals surface area (Å²) in [6.45, 7) is 2.20. The van der Waals surface area contributed by atoms with E-state index in [2.05, 4.69) is 13.0 Å². The van der Waals surface area contributed by atoms with Crippen molar-refractivity contribution in [2.24, 2.45) is 0 Å². The van der Waals surface area contributed by atoms with Crippen LogP contribution in [0.2, 0.25) is 0 Å². The molecule has 0 bridgehead atoms. The third kappa shape index (κ3) is 15.1. The van der Waals surface area contributed by atoms with Gasteiger partial charge in [0.2, 0.25) is 0 Å². The molecule has 112 valence electrons. The molecular weight excluding hydrogens is 240 g/mol. The molecule has 0 heterocycles. The van der Waals surface area contributed by atoms with Crippen LogP contribution >= 0.6 is 0 Å². The number of allylic oxidation sites excluding steroid dienone is 1. The molecule has 0 saturated carbocycles. The molecule has 1 atom stereocenters. The second kappa shape index (κ2) is 13.6. The number of hydrogen-bond acceptors (Lipinski definition) is 2. The van der Waals surface area contributed by atoms with Gasteiger partial charge in [-0.25, -0.2) is 0 Å². The molecule has 1 unspecified atom stereocenters. The van der Waals surface area contributed by atoms with Crippen molar-refractivity contribution in [3.8, 4) is 0 Å². The predicted octanol–water partition coefficient (Wildman–Crippen LogP) is 4.30. The molecule has 0 aliphatic heterocycles. The Morgan fingerprint density at radius 3 is 2.42 bits per heavy atom. The maximum atomic E-state index is 10.3. The summed E-state index contributed by atoms with van der Waals surface area (Å²) < 4.78 is 0. The SMILES string of the molecule is CCCCCC/C=C\C(O)CCCCCCC(=O)O. The molecule has 0 aromatic rings. The van der Waals surface area contributed by atoms with Gasteiger partial charge >= 0.3 is 5.97 Å². The fraction of sp³-hybridized carbons (Fsp3) is 0.812. The third-order valence-corrected chi connectivity index (χ3v) is 3.22. The first-order chi connectivity index (χ1) is 9.16. The van der Waals surface area contributed by atoms with Crippen molar-refractivity contribution in [2.75, 3.05) is 0 Å². The standard InChI is InChI=1S/C16H30O3/c1-2-3-4-5-6-9-12-15(17)13-10-7-8-11-14-16(18)19/h9,12,15,17H,2-8,10-11,13-14H2,1H3,(H,18,19)/b12-9-. The first-order valence-electron chi connectivity index (χ1n) is 7.73. The van der Waals surface area contributed by atoms with Crippen LogP contribution in [0.3, 0.4) is 0 Å². The Kier molecular flexibility index (Phi) is 13.0. The van der Waals surface area contributed by atoms with Crippen molar-refractivity contribution in [2.45, 2.75) is 83.7 Å². The first kappa shape index (κ1) is 18.2. The molecule has 0 radical (unpaired) electrons.